The number of rotatable bonds is 11. The Bertz CT molecular complexity index is 1110. The van der Waals surface area contributed by atoms with E-state index in [9.17, 15) is 19.5 Å². The number of unbranched alkanes of at least 4 members (excludes halogenated alkanes) is 1. The highest BCUT2D eigenvalue weighted by atomic mass is 16.5. The van der Waals surface area contributed by atoms with Gasteiger partial charge in [-0.3, -0.25) is 14.4 Å². The number of hydrogen-bond donors (Lipinski definition) is 2. The molecule has 0 heterocycles. The van der Waals surface area contributed by atoms with Gasteiger partial charge in [-0.2, -0.15) is 0 Å². The molecular weight excluding hydrogens is 574 g/mol. The Balaban J connectivity index is 1.36. The lowest BCUT2D eigenvalue weighted by molar-refractivity contribution is -0.198. The molecule has 5 aliphatic carbocycles. The summed E-state index contributed by atoms with van der Waals surface area (Å²) in [5.41, 5.74) is -0.102. The van der Waals surface area contributed by atoms with E-state index in [1.165, 1.54) is 38.5 Å². The van der Waals surface area contributed by atoms with Crippen LogP contribution in [-0.4, -0.2) is 35.6 Å². The minimum Gasteiger partial charge on any atom is -0.480 e. The summed E-state index contributed by atoms with van der Waals surface area (Å²) >= 11 is 0. The van der Waals surface area contributed by atoms with Crippen molar-refractivity contribution in [2.24, 2.45) is 63.1 Å². The summed E-state index contributed by atoms with van der Waals surface area (Å²) in [5.74, 6) is 2.21. The third-order valence-electron chi connectivity index (χ3n) is 15.6. The molecule has 6 nitrogen and oxygen atoms in total. The van der Waals surface area contributed by atoms with Gasteiger partial charge >= 0.3 is 11.9 Å². The van der Waals surface area contributed by atoms with Crippen LogP contribution in [0.4, 0.5) is 0 Å². The molecule has 5 aliphatic rings. The fraction of sp³-hybridized carbons (Fsp3) is 0.925. The number of carbonyl (C=O) groups is 3. The SMILES string of the molecule is CCCC[C@@H](OC(=O)C1CCCCC1)C(C)(C)C1CC[C@]2(C)C(CCC3C4[C@H](C(C)C)CC[C@]4(C(=O)NCC(=O)O)CC[C@]32C)C1. The average molecular weight is 642 g/mol. The summed E-state index contributed by atoms with van der Waals surface area (Å²) in [4.78, 5) is 38.7. The second-order valence-electron chi connectivity index (χ2n) is 18.1. The summed E-state index contributed by atoms with van der Waals surface area (Å²) in [6, 6.07) is 0. The van der Waals surface area contributed by atoms with E-state index in [1.807, 2.05) is 0 Å². The first-order valence-electron chi connectivity index (χ1n) is 19.4. The molecule has 5 rings (SSSR count). The Morgan fingerprint density at radius 1 is 0.913 bits per heavy atom. The number of fused-ring (bicyclic) bond motifs is 5. The molecule has 6 heteroatoms. The van der Waals surface area contributed by atoms with Gasteiger partial charge in [-0.05, 0) is 123 Å². The third kappa shape index (κ3) is 6.19. The fourth-order valence-corrected chi connectivity index (χ4v) is 12.3. The van der Waals surface area contributed by atoms with Gasteiger partial charge in [-0.15, -0.1) is 0 Å². The number of carboxylic acids is 1. The van der Waals surface area contributed by atoms with Gasteiger partial charge in [0.2, 0.25) is 5.91 Å². The highest BCUT2D eigenvalue weighted by molar-refractivity contribution is 5.86. The van der Waals surface area contributed by atoms with Gasteiger partial charge in [-0.25, -0.2) is 0 Å². The average Bonchev–Trinajstić information content (AvgIpc) is 3.43. The van der Waals surface area contributed by atoms with Crippen LogP contribution in [0.2, 0.25) is 0 Å². The number of carboxylic acid groups (broad SMARTS) is 1. The first-order valence-corrected chi connectivity index (χ1v) is 19.4. The van der Waals surface area contributed by atoms with Crippen LogP contribution in [-0.2, 0) is 19.1 Å². The Kier molecular flexibility index (Phi) is 10.7. The van der Waals surface area contributed by atoms with E-state index in [4.69, 9.17) is 4.74 Å². The molecule has 4 unspecified atom stereocenters. The zero-order valence-corrected chi connectivity index (χ0v) is 30.4. The first kappa shape index (κ1) is 35.7. The molecule has 0 aliphatic heterocycles. The number of carbonyl (C=O) groups excluding carboxylic acids is 2. The van der Waals surface area contributed by atoms with Crippen LogP contribution in [0.3, 0.4) is 0 Å². The van der Waals surface area contributed by atoms with Gasteiger partial charge < -0.3 is 15.2 Å². The summed E-state index contributed by atoms with van der Waals surface area (Å²) < 4.78 is 6.51. The van der Waals surface area contributed by atoms with Gasteiger partial charge in [-0.1, -0.05) is 80.6 Å². The van der Waals surface area contributed by atoms with Crippen LogP contribution in [0, 0.1) is 63.1 Å². The van der Waals surface area contributed by atoms with Crippen molar-refractivity contribution in [1.82, 2.24) is 5.32 Å². The molecule has 0 aromatic heterocycles. The fourth-order valence-electron chi connectivity index (χ4n) is 12.3. The highest BCUT2D eigenvalue weighted by Crippen LogP contribution is 2.74. The van der Waals surface area contributed by atoms with Crippen LogP contribution in [0.1, 0.15) is 158 Å². The maximum absolute atomic E-state index is 13.9. The zero-order valence-electron chi connectivity index (χ0n) is 30.4. The molecule has 5 fully saturated rings. The van der Waals surface area contributed by atoms with Crippen LogP contribution in [0.15, 0.2) is 0 Å². The van der Waals surface area contributed by atoms with Gasteiger partial charge in [0.1, 0.15) is 12.6 Å². The van der Waals surface area contributed by atoms with E-state index in [2.05, 4.69) is 53.8 Å². The van der Waals surface area contributed by atoms with Gasteiger partial charge in [0.15, 0.2) is 0 Å². The van der Waals surface area contributed by atoms with Crippen molar-refractivity contribution in [3.05, 3.63) is 0 Å². The normalized spacial score (nSPS) is 38.7. The lowest BCUT2D eigenvalue weighted by Crippen LogP contribution is -2.63. The molecule has 1 amide bonds. The Labute approximate surface area is 280 Å². The predicted octanol–water partition coefficient (Wildman–Crippen LogP) is 9.20. The van der Waals surface area contributed by atoms with Gasteiger partial charge in [0, 0.05) is 5.41 Å². The molecule has 9 atom stereocenters. The van der Waals surface area contributed by atoms with Crippen molar-refractivity contribution in [3.8, 4) is 0 Å². The van der Waals surface area contributed by atoms with E-state index in [1.54, 1.807) is 0 Å². The van der Waals surface area contributed by atoms with E-state index >= 15 is 0 Å². The lowest BCUT2D eigenvalue weighted by atomic mass is 9.37. The monoisotopic (exact) mass is 642 g/mol. The highest BCUT2D eigenvalue weighted by Gasteiger charge is 2.68. The Morgan fingerprint density at radius 3 is 2.28 bits per heavy atom. The van der Waals surface area contributed by atoms with Crippen molar-refractivity contribution in [1.29, 1.82) is 0 Å². The third-order valence-corrected chi connectivity index (χ3v) is 15.6. The number of hydrogen-bond acceptors (Lipinski definition) is 4. The second kappa shape index (κ2) is 13.7. The molecule has 46 heavy (non-hydrogen) atoms. The molecule has 262 valence electrons. The smallest absolute Gasteiger partial charge is 0.322 e. The molecule has 2 N–H and O–H groups in total. The summed E-state index contributed by atoms with van der Waals surface area (Å²) in [5, 5.41) is 12.2. The number of amides is 1. The molecule has 0 radical (unpaired) electrons. The van der Waals surface area contributed by atoms with E-state index in [0.717, 1.165) is 70.6 Å². The molecular formula is C40H67NO5. The Hall–Kier alpha value is -1.59. The predicted molar refractivity (Wildman–Crippen MR) is 183 cm³/mol. The standard InChI is InChI=1S/C40H67NO5/c1-8-9-15-32(46-35(44)27-13-11-10-12-14-27)37(4,5)28-18-20-38(6)29(24-28)16-17-31-34-30(26(2)3)19-21-40(34,23-22-39(31,38)7)36(45)41-25-33(42)43/h26-32,34H,8-25H2,1-7H3,(H,41,45)(H,42,43)/t28?,29?,30-,31?,32+,34?,38+,39+,40-/m0/s1. The first-order chi connectivity index (χ1) is 21.7. The quantitative estimate of drug-likeness (QED) is 0.220. The number of aliphatic carboxylic acids is 1. The van der Waals surface area contributed by atoms with Crippen LogP contribution in [0.5, 0.6) is 0 Å². The van der Waals surface area contributed by atoms with Crippen molar-refractivity contribution >= 4 is 17.8 Å². The summed E-state index contributed by atoms with van der Waals surface area (Å²) in [7, 11) is 0. The maximum Gasteiger partial charge on any atom is 0.322 e. The lowest BCUT2D eigenvalue weighted by Gasteiger charge is -2.68. The maximum atomic E-state index is 13.9. The second-order valence-corrected chi connectivity index (χ2v) is 18.1. The number of esters is 1. The largest absolute Gasteiger partial charge is 0.480 e. The molecule has 0 bridgehead atoms. The van der Waals surface area contributed by atoms with Crippen molar-refractivity contribution < 1.29 is 24.2 Å². The van der Waals surface area contributed by atoms with Crippen molar-refractivity contribution in [2.75, 3.05) is 6.54 Å². The van der Waals surface area contributed by atoms with Gasteiger partial charge in [0.05, 0.1) is 11.3 Å². The molecule has 5 saturated carbocycles. The van der Waals surface area contributed by atoms with E-state index in [0.29, 0.717) is 35.5 Å². The van der Waals surface area contributed by atoms with Crippen molar-refractivity contribution in [2.45, 2.75) is 164 Å². The number of nitrogens with one attached hydrogen (secondary N) is 1. The molecule has 0 saturated heterocycles. The Morgan fingerprint density at radius 2 is 1.63 bits per heavy atom. The molecule has 0 aromatic rings. The van der Waals surface area contributed by atoms with Crippen molar-refractivity contribution in [3.63, 3.8) is 0 Å². The van der Waals surface area contributed by atoms with E-state index in [-0.39, 0.29) is 46.7 Å². The van der Waals surface area contributed by atoms with Crippen LogP contribution < -0.4 is 5.32 Å². The minimum atomic E-state index is -0.964. The zero-order chi connectivity index (χ0) is 33.5. The summed E-state index contributed by atoms with van der Waals surface area (Å²) in [6.07, 6.45) is 18.6. The molecule has 0 aromatic carbocycles. The van der Waals surface area contributed by atoms with Crippen LogP contribution in [0.25, 0.3) is 0 Å². The van der Waals surface area contributed by atoms with Crippen LogP contribution >= 0.6 is 0 Å². The minimum absolute atomic E-state index is 0.00345. The van der Waals surface area contributed by atoms with Gasteiger partial charge in [0.25, 0.3) is 0 Å². The number of ether oxygens (including phenoxy) is 1. The molecule has 0 spiro atoms. The summed E-state index contributed by atoms with van der Waals surface area (Å²) in [6.45, 7) is 16.6. The van der Waals surface area contributed by atoms with E-state index < -0.39 is 11.4 Å². The topological polar surface area (TPSA) is 92.7 Å².